The molecular formula is C21H21N3O2S. The van der Waals surface area contributed by atoms with Crippen molar-refractivity contribution in [2.75, 3.05) is 5.75 Å². The lowest BCUT2D eigenvalue weighted by molar-refractivity contribution is -0.116. The minimum absolute atomic E-state index is 0.140. The molecule has 2 aliphatic rings. The Morgan fingerprint density at radius 2 is 1.85 bits per heavy atom. The number of hydrogen-bond donors (Lipinski definition) is 0. The molecule has 2 aliphatic carbocycles. The number of ketones is 1. The molecular weight excluding hydrogens is 358 g/mol. The fourth-order valence-electron chi connectivity index (χ4n) is 4.37. The predicted molar refractivity (Wildman–Crippen MR) is 103 cm³/mol. The molecule has 6 heteroatoms. The highest BCUT2D eigenvalue weighted by atomic mass is 32.2. The lowest BCUT2D eigenvalue weighted by Gasteiger charge is -2.15. The van der Waals surface area contributed by atoms with Gasteiger partial charge in [-0.1, -0.05) is 12.1 Å². The largest absolute Gasteiger partial charge is 0.298 e. The highest BCUT2D eigenvalue weighted by Crippen LogP contribution is 2.35. The molecule has 0 saturated heterocycles. The highest BCUT2D eigenvalue weighted by molar-refractivity contribution is 7.94. The van der Waals surface area contributed by atoms with Gasteiger partial charge >= 0.3 is 0 Å². The van der Waals surface area contributed by atoms with Crippen molar-refractivity contribution in [3.8, 4) is 6.19 Å². The molecule has 1 atom stereocenters. The summed E-state index contributed by atoms with van der Waals surface area (Å²) < 4.78 is 16.8. The summed E-state index contributed by atoms with van der Waals surface area (Å²) in [5.41, 5.74) is 6.56. The van der Waals surface area contributed by atoms with E-state index in [2.05, 4.69) is 15.4 Å². The zero-order valence-corrected chi connectivity index (χ0v) is 15.9. The highest BCUT2D eigenvalue weighted by Gasteiger charge is 2.26. The minimum Gasteiger partial charge on any atom is -0.298 e. The third-order valence-corrected chi connectivity index (χ3v) is 7.47. The number of fused-ring (bicyclic) bond motifs is 2. The molecule has 0 N–H and O–H groups in total. The van der Waals surface area contributed by atoms with Crippen molar-refractivity contribution in [1.82, 2.24) is 4.98 Å². The molecule has 1 aromatic heterocycles. The van der Waals surface area contributed by atoms with Gasteiger partial charge in [0.1, 0.15) is 14.8 Å². The quantitative estimate of drug-likeness (QED) is 0.747. The number of aryl methyl sites for hydroxylation is 2. The maximum Gasteiger partial charge on any atom is 0.215 e. The Hall–Kier alpha value is -2.52. The molecule has 0 fully saturated rings. The standard InChI is InChI=1S/C21H21N3O2S/c22-14-24-27(26,21-9-1-2-10-23-21)13-17(25)12-20-18-7-3-5-15(18)11-16-6-4-8-19(16)20/h1-2,9-11H,3-8,12-13H2. The van der Waals surface area contributed by atoms with Gasteiger partial charge in [-0.25, -0.2) is 9.19 Å². The summed E-state index contributed by atoms with van der Waals surface area (Å²) in [6.45, 7) is 0. The Balaban J connectivity index is 1.65. The predicted octanol–water partition coefficient (Wildman–Crippen LogP) is 3.18. The first-order valence-corrected chi connectivity index (χ1v) is 11.0. The number of hydrogen-bond acceptors (Lipinski definition) is 5. The SMILES string of the molecule is N#CN=S(=O)(CC(=O)Cc1c2c(cc3c1CCC3)CCC2)c1ccccn1. The van der Waals surface area contributed by atoms with E-state index in [4.69, 9.17) is 5.26 Å². The third-order valence-electron chi connectivity index (χ3n) is 5.48. The molecule has 0 aliphatic heterocycles. The van der Waals surface area contributed by atoms with Crippen molar-refractivity contribution in [2.24, 2.45) is 4.36 Å². The van der Waals surface area contributed by atoms with Crippen molar-refractivity contribution in [3.63, 3.8) is 0 Å². The van der Waals surface area contributed by atoms with Gasteiger partial charge in [0.25, 0.3) is 0 Å². The topological polar surface area (TPSA) is 83.2 Å². The van der Waals surface area contributed by atoms with Crippen LogP contribution >= 0.6 is 0 Å². The van der Waals surface area contributed by atoms with Crippen LogP contribution < -0.4 is 0 Å². The average Bonchev–Trinajstić information content (AvgIpc) is 3.31. The Bertz CT molecular complexity index is 1030. The Morgan fingerprint density at radius 3 is 2.44 bits per heavy atom. The monoisotopic (exact) mass is 379 g/mol. The van der Waals surface area contributed by atoms with Gasteiger partial charge in [-0.3, -0.25) is 4.79 Å². The summed E-state index contributed by atoms with van der Waals surface area (Å²) in [6, 6.07) is 7.29. The number of nitrogens with zero attached hydrogens (tertiary/aromatic N) is 3. The van der Waals surface area contributed by atoms with Crippen molar-refractivity contribution in [2.45, 2.75) is 50.0 Å². The van der Waals surface area contributed by atoms with Crippen LogP contribution in [0.3, 0.4) is 0 Å². The second-order valence-electron chi connectivity index (χ2n) is 7.20. The lowest BCUT2D eigenvalue weighted by Crippen LogP contribution is -2.20. The summed E-state index contributed by atoms with van der Waals surface area (Å²) in [4.78, 5) is 17.0. The van der Waals surface area contributed by atoms with E-state index in [1.165, 1.54) is 28.5 Å². The first-order chi connectivity index (χ1) is 13.1. The van der Waals surface area contributed by atoms with E-state index >= 15 is 0 Å². The number of rotatable bonds is 5. The van der Waals surface area contributed by atoms with E-state index in [1.54, 1.807) is 24.4 Å². The first kappa shape index (κ1) is 17.9. The van der Waals surface area contributed by atoms with E-state index in [-0.39, 0.29) is 23.0 Å². The number of pyridine rings is 1. The van der Waals surface area contributed by atoms with Gasteiger partial charge in [0.2, 0.25) is 6.19 Å². The van der Waals surface area contributed by atoms with Crippen LogP contribution in [0.1, 0.15) is 40.7 Å². The molecule has 0 bridgehead atoms. The van der Waals surface area contributed by atoms with Gasteiger partial charge in [-0.05, 0) is 78.5 Å². The van der Waals surface area contributed by atoms with Gasteiger partial charge < -0.3 is 0 Å². The molecule has 1 unspecified atom stereocenters. The molecule has 4 rings (SSSR count). The second-order valence-corrected chi connectivity index (χ2v) is 9.37. The molecule has 0 saturated carbocycles. The van der Waals surface area contributed by atoms with Crippen LogP contribution in [-0.2, 0) is 46.6 Å². The van der Waals surface area contributed by atoms with Crippen LogP contribution in [0.2, 0.25) is 0 Å². The van der Waals surface area contributed by atoms with Crippen molar-refractivity contribution in [1.29, 1.82) is 5.26 Å². The molecule has 138 valence electrons. The van der Waals surface area contributed by atoms with E-state index < -0.39 is 9.73 Å². The number of carbonyl (C=O) groups is 1. The normalized spacial score (nSPS) is 16.9. The molecule has 0 radical (unpaired) electrons. The number of Topliss-reactive ketones (excluding diaryl/α,β-unsaturated/α-hetero) is 1. The van der Waals surface area contributed by atoms with Crippen LogP contribution in [0.5, 0.6) is 0 Å². The van der Waals surface area contributed by atoms with Crippen molar-refractivity contribution < 1.29 is 9.00 Å². The summed E-state index contributed by atoms with van der Waals surface area (Å²) in [5.74, 6) is -0.408. The van der Waals surface area contributed by atoms with Crippen LogP contribution in [0.15, 0.2) is 39.9 Å². The van der Waals surface area contributed by atoms with Gasteiger partial charge in [0.05, 0.1) is 5.75 Å². The maximum atomic E-state index is 13.2. The minimum atomic E-state index is -3.16. The van der Waals surface area contributed by atoms with Crippen LogP contribution in [-0.4, -0.2) is 20.7 Å². The fourth-order valence-corrected chi connectivity index (χ4v) is 5.86. The second kappa shape index (κ2) is 7.24. The van der Waals surface area contributed by atoms with E-state index in [0.717, 1.165) is 44.1 Å². The summed E-state index contributed by atoms with van der Waals surface area (Å²) >= 11 is 0. The number of benzene rings is 1. The van der Waals surface area contributed by atoms with Crippen LogP contribution in [0, 0.1) is 11.5 Å². The smallest absolute Gasteiger partial charge is 0.215 e. The molecule has 0 spiro atoms. The van der Waals surface area contributed by atoms with E-state index in [1.807, 2.05) is 0 Å². The van der Waals surface area contributed by atoms with E-state index in [9.17, 15) is 9.00 Å². The number of nitriles is 1. The average molecular weight is 379 g/mol. The van der Waals surface area contributed by atoms with Gasteiger partial charge in [0.15, 0.2) is 5.78 Å². The van der Waals surface area contributed by atoms with Gasteiger partial charge in [0, 0.05) is 12.6 Å². The van der Waals surface area contributed by atoms with E-state index in [0.29, 0.717) is 0 Å². The number of aromatic nitrogens is 1. The maximum absolute atomic E-state index is 13.2. The van der Waals surface area contributed by atoms with Gasteiger partial charge in [-0.2, -0.15) is 5.26 Å². The summed E-state index contributed by atoms with van der Waals surface area (Å²) in [7, 11) is -3.16. The molecule has 5 nitrogen and oxygen atoms in total. The third kappa shape index (κ3) is 3.40. The first-order valence-electron chi connectivity index (χ1n) is 9.32. The van der Waals surface area contributed by atoms with Crippen molar-refractivity contribution >= 4 is 15.5 Å². The zero-order chi connectivity index (χ0) is 18.9. The van der Waals surface area contributed by atoms with Crippen molar-refractivity contribution in [3.05, 3.63) is 58.3 Å². The van der Waals surface area contributed by atoms with Gasteiger partial charge in [-0.15, -0.1) is 4.36 Å². The van der Waals surface area contributed by atoms with Crippen LogP contribution in [0.25, 0.3) is 0 Å². The molecule has 1 heterocycles. The summed E-state index contributed by atoms with van der Waals surface area (Å²) in [6.07, 6.45) is 9.86. The van der Waals surface area contributed by atoms with Crippen LogP contribution in [0.4, 0.5) is 0 Å². The fraction of sp³-hybridized carbons (Fsp3) is 0.381. The Morgan fingerprint density at radius 1 is 1.15 bits per heavy atom. The molecule has 2 aromatic rings. The zero-order valence-electron chi connectivity index (χ0n) is 15.1. The lowest BCUT2D eigenvalue weighted by atomic mass is 9.91. The Labute approximate surface area is 159 Å². The molecule has 27 heavy (non-hydrogen) atoms. The Kier molecular flexibility index (Phi) is 4.79. The molecule has 0 amide bonds. The number of carbonyl (C=O) groups excluding carboxylic acids is 1. The summed E-state index contributed by atoms with van der Waals surface area (Å²) in [5, 5.41) is 9.18. The molecule has 1 aromatic carbocycles.